The van der Waals surface area contributed by atoms with Gasteiger partial charge in [-0.2, -0.15) is 0 Å². The van der Waals surface area contributed by atoms with Crippen LogP contribution in [0.5, 0.6) is 0 Å². The van der Waals surface area contributed by atoms with Gasteiger partial charge in [0.1, 0.15) is 5.76 Å². The molecule has 1 aromatic heterocycles. The minimum Gasteiger partial charge on any atom is -0.361 e. The van der Waals surface area contributed by atoms with Crippen molar-refractivity contribution in [1.82, 2.24) is 10.2 Å². The third-order valence-electron chi connectivity index (χ3n) is 2.22. The van der Waals surface area contributed by atoms with Gasteiger partial charge in [-0.15, -0.1) is 0 Å². The molecule has 6 heteroatoms. The van der Waals surface area contributed by atoms with Gasteiger partial charge in [0.05, 0.1) is 17.0 Å². The van der Waals surface area contributed by atoms with E-state index in [2.05, 4.69) is 16.7 Å². The first-order valence-electron chi connectivity index (χ1n) is 5.16. The fourth-order valence-corrected chi connectivity index (χ4v) is 1.48. The molecule has 0 saturated heterocycles. The number of aromatic nitrogens is 1. The van der Waals surface area contributed by atoms with Crippen molar-refractivity contribution in [1.29, 1.82) is 0 Å². The highest BCUT2D eigenvalue weighted by atomic mass is 35.5. The monoisotopic (exact) mass is 257 g/mol. The SMILES string of the molecule is C=C(/N=C(/Cl)N(C)O)c1c(C(C)C)noc1C. The zero-order valence-electron chi connectivity index (χ0n) is 10.4. The van der Waals surface area contributed by atoms with E-state index in [1.54, 1.807) is 6.92 Å². The maximum absolute atomic E-state index is 9.11. The van der Waals surface area contributed by atoms with Crippen LogP contribution in [0.3, 0.4) is 0 Å². The number of aryl methyl sites for hydroxylation is 1. The van der Waals surface area contributed by atoms with Gasteiger partial charge in [0.2, 0.25) is 5.29 Å². The van der Waals surface area contributed by atoms with Gasteiger partial charge in [0.25, 0.3) is 0 Å². The molecule has 5 nitrogen and oxygen atoms in total. The summed E-state index contributed by atoms with van der Waals surface area (Å²) in [5.74, 6) is 0.826. The van der Waals surface area contributed by atoms with Gasteiger partial charge >= 0.3 is 0 Å². The van der Waals surface area contributed by atoms with Crippen LogP contribution in [-0.4, -0.2) is 27.8 Å². The van der Waals surface area contributed by atoms with Crippen molar-refractivity contribution < 1.29 is 9.73 Å². The molecule has 0 aromatic carbocycles. The number of hydroxylamine groups is 2. The van der Waals surface area contributed by atoms with Crippen molar-refractivity contribution in [2.45, 2.75) is 26.7 Å². The van der Waals surface area contributed by atoms with E-state index in [1.807, 2.05) is 13.8 Å². The van der Waals surface area contributed by atoms with E-state index in [0.717, 1.165) is 11.3 Å². The molecule has 0 unspecified atom stereocenters. The third-order valence-corrected chi connectivity index (χ3v) is 2.55. The number of nitrogens with zero attached hydrogens (tertiary/aromatic N) is 3. The summed E-state index contributed by atoms with van der Waals surface area (Å²) in [5, 5.41) is 13.7. The second-order valence-corrected chi connectivity index (χ2v) is 4.34. The zero-order chi connectivity index (χ0) is 13.2. The Morgan fingerprint density at radius 3 is 2.65 bits per heavy atom. The molecule has 1 N–H and O–H groups in total. The topological polar surface area (TPSA) is 61.9 Å². The molecule has 0 atom stereocenters. The van der Waals surface area contributed by atoms with E-state index in [-0.39, 0.29) is 11.2 Å². The van der Waals surface area contributed by atoms with E-state index >= 15 is 0 Å². The summed E-state index contributed by atoms with van der Waals surface area (Å²) in [4.78, 5) is 3.99. The fraction of sp³-hybridized carbons (Fsp3) is 0.455. The minimum atomic E-state index is -0.0645. The minimum absolute atomic E-state index is 0.0645. The maximum atomic E-state index is 9.11. The first-order chi connectivity index (χ1) is 7.84. The second-order valence-electron chi connectivity index (χ2n) is 4.00. The third kappa shape index (κ3) is 3.08. The molecule has 1 aromatic rings. The number of amidine groups is 1. The van der Waals surface area contributed by atoms with Crippen molar-refractivity contribution in [3.05, 3.63) is 23.6 Å². The average molecular weight is 258 g/mol. The molecule has 0 fully saturated rings. The second kappa shape index (κ2) is 5.33. The molecule has 0 spiro atoms. The molecule has 0 saturated carbocycles. The lowest BCUT2D eigenvalue weighted by Crippen LogP contribution is -2.17. The summed E-state index contributed by atoms with van der Waals surface area (Å²) in [6.45, 7) is 9.59. The Kier molecular flexibility index (Phi) is 4.31. The molecule has 1 heterocycles. The quantitative estimate of drug-likeness (QED) is 0.391. The maximum Gasteiger partial charge on any atom is 0.222 e. The van der Waals surface area contributed by atoms with Crippen molar-refractivity contribution >= 4 is 22.6 Å². The Morgan fingerprint density at radius 2 is 2.18 bits per heavy atom. The fourth-order valence-electron chi connectivity index (χ4n) is 1.37. The van der Waals surface area contributed by atoms with Gasteiger partial charge in [-0.05, 0) is 24.4 Å². The van der Waals surface area contributed by atoms with Crippen LogP contribution in [0.15, 0.2) is 16.1 Å². The van der Waals surface area contributed by atoms with Gasteiger partial charge < -0.3 is 4.52 Å². The molecule has 0 aliphatic carbocycles. The van der Waals surface area contributed by atoms with Crippen LogP contribution in [0.1, 0.15) is 36.8 Å². The lowest BCUT2D eigenvalue weighted by Gasteiger charge is -2.08. The van der Waals surface area contributed by atoms with Crippen LogP contribution in [-0.2, 0) is 0 Å². The Hall–Kier alpha value is -1.33. The summed E-state index contributed by atoms with van der Waals surface area (Å²) >= 11 is 5.73. The number of rotatable bonds is 3. The van der Waals surface area contributed by atoms with Crippen molar-refractivity contribution in [2.75, 3.05) is 7.05 Å². The first kappa shape index (κ1) is 13.7. The Bertz CT molecular complexity index is 450. The highest BCUT2D eigenvalue weighted by Crippen LogP contribution is 2.28. The molecule has 94 valence electrons. The molecular formula is C11H16ClN3O2. The van der Waals surface area contributed by atoms with Gasteiger partial charge in [0, 0.05) is 7.05 Å². The normalized spacial score (nSPS) is 12.1. The van der Waals surface area contributed by atoms with Crippen LogP contribution in [0, 0.1) is 6.92 Å². The molecule has 1 rings (SSSR count). The average Bonchev–Trinajstić information content (AvgIpc) is 2.59. The van der Waals surface area contributed by atoms with Crippen LogP contribution < -0.4 is 0 Å². The standard InChI is InChI=1S/C11H16ClN3O2/c1-6(2)10-9(8(4)17-14-10)7(3)13-11(12)15(5)16/h6,16H,3H2,1-2,4-5H3/b13-11-. The number of aliphatic imine (C=N–C) groups is 1. The van der Waals surface area contributed by atoms with Crippen molar-refractivity contribution in [3.63, 3.8) is 0 Å². The Balaban J connectivity index is 3.13. The van der Waals surface area contributed by atoms with Crippen molar-refractivity contribution in [3.8, 4) is 0 Å². The lowest BCUT2D eigenvalue weighted by molar-refractivity contribution is 0.0172. The van der Waals surface area contributed by atoms with E-state index < -0.39 is 0 Å². The number of hydrogen-bond acceptors (Lipinski definition) is 4. The highest BCUT2D eigenvalue weighted by molar-refractivity contribution is 6.64. The smallest absolute Gasteiger partial charge is 0.222 e. The number of halogens is 1. The van der Waals surface area contributed by atoms with E-state index in [1.165, 1.54) is 7.05 Å². The van der Waals surface area contributed by atoms with Crippen LogP contribution in [0.25, 0.3) is 5.70 Å². The summed E-state index contributed by atoms with van der Waals surface area (Å²) in [5.41, 5.74) is 1.93. The predicted octanol–water partition coefficient (Wildman–Crippen LogP) is 2.99. The van der Waals surface area contributed by atoms with Crippen molar-refractivity contribution in [2.24, 2.45) is 4.99 Å². The van der Waals surface area contributed by atoms with Gasteiger partial charge in [-0.25, -0.2) is 10.1 Å². The largest absolute Gasteiger partial charge is 0.361 e. The summed E-state index contributed by atoms with van der Waals surface area (Å²) < 4.78 is 5.12. The highest BCUT2D eigenvalue weighted by Gasteiger charge is 2.18. The molecule has 0 bridgehead atoms. The predicted molar refractivity (Wildman–Crippen MR) is 67.2 cm³/mol. The Labute approximate surface area is 105 Å². The molecule has 17 heavy (non-hydrogen) atoms. The van der Waals surface area contributed by atoms with Gasteiger partial charge in [0.15, 0.2) is 0 Å². The lowest BCUT2D eigenvalue weighted by atomic mass is 10.0. The summed E-state index contributed by atoms with van der Waals surface area (Å²) in [6, 6.07) is 0. The number of hydrogen-bond donors (Lipinski definition) is 1. The Morgan fingerprint density at radius 1 is 1.59 bits per heavy atom. The molecular weight excluding hydrogens is 242 g/mol. The first-order valence-corrected chi connectivity index (χ1v) is 5.54. The van der Waals surface area contributed by atoms with Crippen LogP contribution >= 0.6 is 11.6 Å². The van der Waals surface area contributed by atoms with Gasteiger partial charge in [-0.1, -0.05) is 25.6 Å². The molecule has 0 amide bonds. The van der Waals surface area contributed by atoms with Crippen LogP contribution in [0.2, 0.25) is 0 Å². The summed E-state index contributed by atoms with van der Waals surface area (Å²) in [7, 11) is 1.38. The molecule has 0 radical (unpaired) electrons. The van der Waals surface area contributed by atoms with E-state index in [4.69, 9.17) is 21.3 Å². The van der Waals surface area contributed by atoms with E-state index in [0.29, 0.717) is 16.5 Å². The molecule has 0 aliphatic rings. The summed E-state index contributed by atoms with van der Waals surface area (Å²) in [6.07, 6.45) is 0. The van der Waals surface area contributed by atoms with Gasteiger partial charge in [-0.3, -0.25) is 5.21 Å². The zero-order valence-corrected chi connectivity index (χ0v) is 11.1. The molecule has 0 aliphatic heterocycles. The van der Waals surface area contributed by atoms with Crippen LogP contribution in [0.4, 0.5) is 0 Å². The van der Waals surface area contributed by atoms with E-state index in [9.17, 15) is 0 Å².